The van der Waals surface area contributed by atoms with Crippen LogP contribution < -0.4 is 0 Å². The van der Waals surface area contributed by atoms with E-state index in [9.17, 15) is 8.78 Å². The number of benzene rings is 1. The van der Waals surface area contributed by atoms with Crippen LogP contribution in [0.4, 0.5) is 8.78 Å². The number of unbranched alkanes of at least 4 members (excludes halogenated alkanes) is 13. The van der Waals surface area contributed by atoms with E-state index in [-0.39, 0.29) is 0 Å². The minimum absolute atomic E-state index is 0.347. The molecule has 0 saturated carbocycles. The monoisotopic (exact) mass is 415 g/mol. The summed E-state index contributed by atoms with van der Waals surface area (Å²) in [5.41, 5.74) is 2.08. The second-order valence-corrected chi connectivity index (χ2v) is 8.52. The first-order chi connectivity index (χ1) is 14.7. The molecule has 166 valence electrons. The molecule has 1 aromatic heterocycles. The van der Waals surface area contributed by atoms with E-state index in [0.717, 1.165) is 12.5 Å². The molecule has 0 bridgehead atoms. The summed E-state index contributed by atoms with van der Waals surface area (Å²) in [6, 6.07) is 7.45. The zero-order chi connectivity index (χ0) is 21.4. The van der Waals surface area contributed by atoms with Crippen LogP contribution in [0.15, 0.2) is 36.5 Å². The molecule has 0 atom stereocenters. The summed E-state index contributed by atoms with van der Waals surface area (Å²) in [6.45, 7) is 2.27. The van der Waals surface area contributed by atoms with E-state index in [0.29, 0.717) is 11.3 Å². The average Bonchev–Trinajstić information content (AvgIpc) is 2.74. The van der Waals surface area contributed by atoms with Crippen LogP contribution in [0.2, 0.25) is 0 Å². The summed E-state index contributed by atoms with van der Waals surface area (Å²) in [5.74, 6) is -1.13. The molecule has 1 nitrogen and oxygen atoms in total. The summed E-state index contributed by atoms with van der Waals surface area (Å²) in [6.07, 6.45) is 21.9. The van der Waals surface area contributed by atoms with Crippen LogP contribution in [0.1, 0.15) is 102 Å². The molecule has 3 heteroatoms. The Morgan fingerprint density at radius 3 is 1.73 bits per heavy atom. The summed E-state index contributed by atoms with van der Waals surface area (Å²) >= 11 is 0. The van der Waals surface area contributed by atoms with Gasteiger partial charge in [-0.3, -0.25) is 4.98 Å². The third-order valence-corrected chi connectivity index (χ3v) is 5.85. The molecule has 0 spiro atoms. The Morgan fingerprint density at radius 2 is 1.23 bits per heavy atom. The highest BCUT2D eigenvalue weighted by Gasteiger charge is 2.07. The Bertz CT molecular complexity index is 697. The predicted molar refractivity (Wildman–Crippen MR) is 124 cm³/mol. The van der Waals surface area contributed by atoms with E-state index in [1.54, 1.807) is 0 Å². The number of rotatable bonds is 16. The maximum atomic E-state index is 13.9. The number of hydrogen-bond acceptors (Lipinski definition) is 1. The van der Waals surface area contributed by atoms with E-state index in [1.165, 1.54) is 108 Å². The molecule has 2 rings (SSSR count). The van der Waals surface area contributed by atoms with Gasteiger partial charge < -0.3 is 0 Å². The third kappa shape index (κ3) is 9.82. The molecular weight excluding hydrogens is 376 g/mol. The van der Waals surface area contributed by atoms with Gasteiger partial charge in [-0.05, 0) is 36.6 Å². The Labute approximate surface area is 182 Å². The van der Waals surface area contributed by atoms with Gasteiger partial charge in [0.25, 0.3) is 0 Å². The second-order valence-electron chi connectivity index (χ2n) is 8.52. The highest BCUT2D eigenvalue weighted by Crippen LogP contribution is 2.22. The van der Waals surface area contributed by atoms with Gasteiger partial charge in [-0.1, -0.05) is 96.5 Å². The van der Waals surface area contributed by atoms with Crippen molar-refractivity contribution in [2.75, 3.05) is 0 Å². The quantitative estimate of drug-likeness (QED) is 0.249. The molecule has 30 heavy (non-hydrogen) atoms. The van der Waals surface area contributed by atoms with Gasteiger partial charge in [-0.25, -0.2) is 8.78 Å². The van der Waals surface area contributed by atoms with E-state index in [4.69, 9.17) is 0 Å². The molecule has 1 heterocycles. The molecule has 0 unspecified atom stereocenters. The van der Waals surface area contributed by atoms with E-state index in [1.807, 2.05) is 18.3 Å². The summed E-state index contributed by atoms with van der Waals surface area (Å²) < 4.78 is 26.9. The van der Waals surface area contributed by atoms with Crippen LogP contribution in [0.25, 0.3) is 11.3 Å². The van der Waals surface area contributed by atoms with Gasteiger partial charge in [0.05, 0.1) is 5.69 Å². The fourth-order valence-corrected chi connectivity index (χ4v) is 3.95. The van der Waals surface area contributed by atoms with Crippen LogP contribution in [0.3, 0.4) is 0 Å². The molecule has 0 amide bonds. The van der Waals surface area contributed by atoms with Gasteiger partial charge >= 0.3 is 0 Å². The van der Waals surface area contributed by atoms with Crippen LogP contribution in [0, 0.1) is 11.6 Å². The van der Waals surface area contributed by atoms with Crippen LogP contribution >= 0.6 is 0 Å². The van der Waals surface area contributed by atoms with Crippen molar-refractivity contribution in [2.45, 2.75) is 103 Å². The van der Waals surface area contributed by atoms with Crippen LogP contribution in [-0.4, -0.2) is 4.98 Å². The Balaban J connectivity index is 1.48. The van der Waals surface area contributed by atoms with Gasteiger partial charge in [-0.15, -0.1) is 0 Å². The largest absolute Gasteiger partial charge is 0.256 e. The Hall–Kier alpha value is -1.77. The highest BCUT2D eigenvalue weighted by molar-refractivity contribution is 5.59. The van der Waals surface area contributed by atoms with Crippen molar-refractivity contribution in [2.24, 2.45) is 0 Å². The van der Waals surface area contributed by atoms with Crippen LogP contribution in [0.5, 0.6) is 0 Å². The van der Waals surface area contributed by atoms with Gasteiger partial charge in [0.1, 0.15) is 11.6 Å². The minimum atomic E-state index is -0.567. The van der Waals surface area contributed by atoms with Crippen molar-refractivity contribution >= 4 is 0 Å². The Kier molecular flexibility index (Phi) is 12.3. The molecule has 0 aliphatic rings. The fraction of sp³-hybridized carbons (Fsp3) is 0.593. The SMILES string of the molecule is CCCCCCCCCCCCCCCCc1ccc(-c2ccc(F)cc2F)nc1. The normalized spacial score (nSPS) is 11.2. The first-order valence-electron chi connectivity index (χ1n) is 12.1. The second kappa shape index (κ2) is 15.1. The van der Waals surface area contributed by atoms with Crippen molar-refractivity contribution in [3.8, 4) is 11.3 Å². The fourth-order valence-electron chi connectivity index (χ4n) is 3.95. The Morgan fingerprint density at radius 1 is 0.667 bits per heavy atom. The molecule has 0 saturated heterocycles. The van der Waals surface area contributed by atoms with Crippen molar-refractivity contribution < 1.29 is 8.78 Å². The number of aryl methyl sites for hydroxylation is 1. The zero-order valence-electron chi connectivity index (χ0n) is 18.8. The summed E-state index contributed by atoms with van der Waals surface area (Å²) in [5, 5.41) is 0. The summed E-state index contributed by atoms with van der Waals surface area (Å²) in [7, 11) is 0. The molecular formula is C27H39F2N. The highest BCUT2D eigenvalue weighted by atomic mass is 19.1. The predicted octanol–water partition coefficient (Wildman–Crippen LogP) is 9.05. The van der Waals surface area contributed by atoms with Crippen LogP contribution in [-0.2, 0) is 6.42 Å². The first kappa shape index (κ1) is 24.5. The smallest absolute Gasteiger partial charge is 0.135 e. The van der Waals surface area contributed by atoms with Gasteiger partial charge in [0.2, 0.25) is 0 Å². The van der Waals surface area contributed by atoms with Gasteiger partial charge in [0.15, 0.2) is 0 Å². The standard InChI is InChI=1S/C27H39F2N/c1-2-3-4-5-6-7-8-9-10-11-12-13-14-15-16-23-17-20-27(30-22-23)25-19-18-24(28)21-26(25)29/h17-22H,2-16H2,1H3. The number of nitrogens with zero attached hydrogens (tertiary/aromatic N) is 1. The molecule has 0 aliphatic heterocycles. The summed E-state index contributed by atoms with van der Waals surface area (Å²) in [4.78, 5) is 4.36. The van der Waals surface area contributed by atoms with E-state index in [2.05, 4.69) is 11.9 Å². The van der Waals surface area contributed by atoms with Crippen molar-refractivity contribution in [3.63, 3.8) is 0 Å². The van der Waals surface area contributed by atoms with Crippen molar-refractivity contribution in [1.82, 2.24) is 4.98 Å². The van der Waals surface area contributed by atoms with Gasteiger partial charge in [-0.2, -0.15) is 0 Å². The minimum Gasteiger partial charge on any atom is -0.256 e. The topological polar surface area (TPSA) is 12.9 Å². The third-order valence-electron chi connectivity index (χ3n) is 5.85. The number of hydrogen-bond donors (Lipinski definition) is 0. The van der Waals surface area contributed by atoms with Gasteiger partial charge in [0, 0.05) is 17.8 Å². The zero-order valence-corrected chi connectivity index (χ0v) is 18.8. The number of pyridine rings is 1. The van der Waals surface area contributed by atoms with E-state index >= 15 is 0 Å². The average molecular weight is 416 g/mol. The molecule has 2 aromatic rings. The molecule has 0 aliphatic carbocycles. The maximum absolute atomic E-state index is 13.9. The molecule has 1 aromatic carbocycles. The van der Waals surface area contributed by atoms with Crippen molar-refractivity contribution in [1.29, 1.82) is 0 Å². The first-order valence-corrected chi connectivity index (χ1v) is 12.1. The maximum Gasteiger partial charge on any atom is 0.135 e. The molecule has 0 radical (unpaired) electrons. The lowest BCUT2D eigenvalue weighted by Crippen LogP contribution is -1.92. The lowest BCUT2D eigenvalue weighted by atomic mass is 10.0. The lowest BCUT2D eigenvalue weighted by Gasteiger charge is -2.06. The lowest BCUT2D eigenvalue weighted by molar-refractivity contribution is 0.535. The van der Waals surface area contributed by atoms with E-state index < -0.39 is 11.6 Å². The molecule has 0 fully saturated rings. The number of halogens is 2. The van der Waals surface area contributed by atoms with Crippen molar-refractivity contribution in [3.05, 3.63) is 53.7 Å². The number of aromatic nitrogens is 1. The molecule has 0 N–H and O–H groups in total.